The van der Waals surface area contributed by atoms with E-state index in [2.05, 4.69) is 61.0 Å². The number of hydrogen-bond acceptors (Lipinski definition) is 2. The maximum atomic E-state index is 8.89. The first-order valence-electron chi connectivity index (χ1n) is 6.48. The quantitative estimate of drug-likeness (QED) is 0.723. The molecule has 1 rings (SSSR count). The highest BCUT2D eigenvalue weighted by molar-refractivity contribution is 9.08. The molecule has 100 valence electrons. The van der Waals surface area contributed by atoms with Gasteiger partial charge in [-0.25, -0.2) is 0 Å². The summed E-state index contributed by atoms with van der Waals surface area (Å²) in [6.45, 7) is 6.26. The van der Waals surface area contributed by atoms with Gasteiger partial charge in [0.2, 0.25) is 0 Å². The number of benzene rings is 1. The standard InChI is InChI=1S/C16H19BrN2/c1-11(4-6-18)14-8-13(3)16(10-17)15(9-14)12(2)5-7-19/h8-9,11-12H,4-5,10H2,1-3H3. The van der Waals surface area contributed by atoms with E-state index in [-0.39, 0.29) is 11.8 Å². The van der Waals surface area contributed by atoms with Crippen LogP contribution in [0.3, 0.4) is 0 Å². The summed E-state index contributed by atoms with van der Waals surface area (Å²) < 4.78 is 0. The van der Waals surface area contributed by atoms with Gasteiger partial charge in [-0.05, 0) is 41.0 Å². The van der Waals surface area contributed by atoms with Crippen molar-refractivity contribution in [1.29, 1.82) is 10.5 Å². The molecule has 2 unspecified atom stereocenters. The van der Waals surface area contributed by atoms with Gasteiger partial charge in [0.1, 0.15) is 0 Å². The molecule has 19 heavy (non-hydrogen) atoms. The van der Waals surface area contributed by atoms with Gasteiger partial charge >= 0.3 is 0 Å². The summed E-state index contributed by atoms with van der Waals surface area (Å²) in [6, 6.07) is 8.81. The van der Waals surface area contributed by atoms with Crippen molar-refractivity contribution in [2.75, 3.05) is 0 Å². The van der Waals surface area contributed by atoms with E-state index < -0.39 is 0 Å². The Morgan fingerprint density at radius 3 is 2.21 bits per heavy atom. The number of nitriles is 2. The van der Waals surface area contributed by atoms with Crippen LogP contribution in [-0.4, -0.2) is 0 Å². The van der Waals surface area contributed by atoms with E-state index in [0.717, 1.165) is 5.33 Å². The molecule has 0 spiro atoms. The summed E-state index contributed by atoms with van der Waals surface area (Å²) >= 11 is 3.54. The molecule has 3 heteroatoms. The lowest BCUT2D eigenvalue weighted by molar-refractivity contribution is 0.754. The maximum Gasteiger partial charge on any atom is 0.0628 e. The zero-order chi connectivity index (χ0) is 14.4. The van der Waals surface area contributed by atoms with Crippen molar-refractivity contribution in [1.82, 2.24) is 0 Å². The summed E-state index contributed by atoms with van der Waals surface area (Å²) in [6.07, 6.45) is 1.05. The Bertz CT molecular complexity index is 523. The highest BCUT2D eigenvalue weighted by Crippen LogP contribution is 2.31. The monoisotopic (exact) mass is 318 g/mol. The van der Waals surface area contributed by atoms with Crippen LogP contribution >= 0.6 is 15.9 Å². The van der Waals surface area contributed by atoms with E-state index in [1.165, 1.54) is 22.3 Å². The Morgan fingerprint density at radius 1 is 1.11 bits per heavy atom. The van der Waals surface area contributed by atoms with Crippen molar-refractivity contribution in [3.05, 3.63) is 34.4 Å². The molecule has 0 radical (unpaired) electrons. The van der Waals surface area contributed by atoms with E-state index in [0.29, 0.717) is 12.8 Å². The van der Waals surface area contributed by atoms with Gasteiger partial charge in [0.05, 0.1) is 12.1 Å². The molecular formula is C16H19BrN2. The minimum Gasteiger partial charge on any atom is -0.198 e. The van der Waals surface area contributed by atoms with Gasteiger partial charge in [0.25, 0.3) is 0 Å². The van der Waals surface area contributed by atoms with E-state index >= 15 is 0 Å². The number of alkyl halides is 1. The Hall–Kier alpha value is -1.32. The highest BCUT2D eigenvalue weighted by atomic mass is 79.9. The van der Waals surface area contributed by atoms with Crippen LogP contribution in [0, 0.1) is 29.6 Å². The van der Waals surface area contributed by atoms with Gasteiger partial charge < -0.3 is 0 Å². The molecule has 0 fully saturated rings. The van der Waals surface area contributed by atoms with Gasteiger partial charge in [0.15, 0.2) is 0 Å². The number of halogens is 1. The lowest BCUT2D eigenvalue weighted by Crippen LogP contribution is -2.04. The molecule has 0 amide bonds. The van der Waals surface area contributed by atoms with E-state index in [1.54, 1.807) is 0 Å². The van der Waals surface area contributed by atoms with Gasteiger partial charge in [-0.15, -0.1) is 0 Å². The van der Waals surface area contributed by atoms with Crippen LogP contribution in [0.4, 0.5) is 0 Å². The SMILES string of the molecule is Cc1cc(C(C)CC#N)cc(C(C)CC#N)c1CBr. The second kappa shape index (κ2) is 7.31. The fourth-order valence-corrected chi connectivity index (χ4v) is 3.05. The fraction of sp³-hybridized carbons (Fsp3) is 0.500. The molecule has 2 atom stereocenters. The van der Waals surface area contributed by atoms with Crippen LogP contribution in [0.25, 0.3) is 0 Å². The van der Waals surface area contributed by atoms with Crippen molar-refractivity contribution in [2.24, 2.45) is 0 Å². The van der Waals surface area contributed by atoms with E-state index in [4.69, 9.17) is 10.5 Å². The van der Waals surface area contributed by atoms with Crippen molar-refractivity contribution < 1.29 is 0 Å². The minimum absolute atomic E-state index is 0.227. The molecule has 0 aromatic heterocycles. The Kier molecular flexibility index (Phi) is 6.06. The molecule has 1 aromatic rings. The van der Waals surface area contributed by atoms with Gasteiger partial charge in [0, 0.05) is 18.2 Å². The molecule has 0 aliphatic carbocycles. The normalized spacial score (nSPS) is 13.4. The average molecular weight is 319 g/mol. The van der Waals surface area contributed by atoms with Crippen LogP contribution in [0.1, 0.15) is 60.8 Å². The Morgan fingerprint density at radius 2 is 1.68 bits per heavy atom. The summed E-state index contributed by atoms with van der Waals surface area (Å²) in [4.78, 5) is 0. The van der Waals surface area contributed by atoms with Crippen molar-refractivity contribution in [3.63, 3.8) is 0 Å². The molecule has 0 N–H and O–H groups in total. The molecule has 2 nitrogen and oxygen atoms in total. The summed E-state index contributed by atoms with van der Waals surface area (Å²) in [7, 11) is 0. The van der Waals surface area contributed by atoms with Crippen molar-refractivity contribution in [3.8, 4) is 12.1 Å². The lowest BCUT2D eigenvalue weighted by Gasteiger charge is -2.19. The van der Waals surface area contributed by atoms with Gasteiger partial charge in [-0.2, -0.15) is 10.5 Å². The third-order valence-electron chi connectivity index (χ3n) is 3.56. The number of nitrogens with zero attached hydrogens (tertiary/aromatic N) is 2. The first-order valence-corrected chi connectivity index (χ1v) is 7.60. The lowest BCUT2D eigenvalue weighted by atomic mass is 9.86. The number of aryl methyl sites for hydroxylation is 1. The zero-order valence-corrected chi connectivity index (χ0v) is 13.3. The first-order chi connectivity index (χ1) is 9.04. The highest BCUT2D eigenvalue weighted by Gasteiger charge is 2.15. The third-order valence-corrected chi connectivity index (χ3v) is 4.12. The average Bonchev–Trinajstić information content (AvgIpc) is 2.38. The van der Waals surface area contributed by atoms with Crippen LogP contribution in [-0.2, 0) is 5.33 Å². The van der Waals surface area contributed by atoms with Gasteiger partial charge in [-0.3, -0.25) is 0 Å². The zero-order valence-electron chi connectivity index (χ0n) is 11.7. The molecule has 0 heterocycles. The molecular weight excluding hydrogens is 300 g/mol. The number of hydrogen-bond donors (Lipinski definition) is 0. The fourth-order valence-electron chi connectivity index (χ4n) is 2.28. The Labute approximate surface area is 124 Å². The summed E-state index contributed by atoms with van der Waals surface area (Å²) in [5.41, 5.74) is 4.94. The van der Waals surface area contributed by atoms with Crippen LogP contribution in [0.15, 0.2) is 12.1 Å². The summed E-state index contributed by atoms with van der Waals surface area (Å²) in [5, 5.41) is 18.5. The predicted octanol–water partition coefficient (Wildman–Crippen LogP) is 4.92. The topological polar surface area (TPSA) is 47.6 Å². The molecule has 0 aliphatic rings. The first kappa shape index (κ1) is 15.7. The smallest absolute Gasteiger partial charge is 0.0628 e. The van der Waals surface area contributed by atoms with Crippen molar-refractivity contribution >= 4 is 15.9 Å². The summed E-state index contributed by atoms with van der Waals surface area (Å²) in [5.74, 6) is 0.464. The Balaban J connectivity index is 3.27. The van der Waals surface area contributed by atoms with Crippen LogP contribution in [0.2, 0.25) is 0 Å². The van der Waals surface area contributed by atoms with Crippen LogP contribution in [0.5, 0.6) is 0 Å². The maximum absolute atomic E-state index is 8.89. The van der Waals surface area contributed by atoms with Crippen molar-refractivity contribution in [2.45, 2.75) is 50.8 Å². The van der Waals surface area contributed by atoms with E-state index in [9.17, 15) is 0 Å². The van der Waals surface area contributed by atoms with E-state index in [1.807, 2.05) is 0 Å². The molecule has 0 bridgehead atoms. The third kappa shape index (κ3) is 3.82. The number of rotatable bonds is 5. The minimum atomic E-state index is 0.227. The van der Waals surface area contributed by atoms with Gasteiger partial charge in [-0.1, -0.05) is 41.9 Å². The largest absolute Gasteiger partial charge is 0.198 e. The second-order valence-corrected chi connectivity index (χ2v) is 5.63. The predicted molar refractivity (Wildman–Crippen MR) is 81.1 cm³/mol. The molecule has 1 aromatic carbocycles. The molecule has 0 aliphatic heterocycles. The molecule has 0 saturated heterocycles. The second-order valence-electron chi connectivity index (χ2n) is 5.07. The van der Waals surface area contributed by atoms with Crippen LogP contribution < -0.4 is 0 Å². The molecule has 0 saturated carbocycles.